The molecule has 0 radical (unpaired) electrons. The molecule has 0 spiro atoms. The quantitative estimate of drug-likeness (QED) is 0.304. The standard InChI is InChI=1S/C21H20N4O4/c1-4-29-21(28)19(13(2)26)24-23-15-9-11-16(12-10-15)25-14(3)22-18-8-6-5-7-17(18)20(25)27/h5-12,26H,4H2,1-3H3. The van der Waals surface area contributed by atoms with E-state index in [1.54, 1.807) is 56.3 Å². The molecule has 0 bridgehead atoms. The number of esters is 1. The maximum atomic E-state index is 12.9. The van der Waals surface area contributed by atoms with Crippen LogP contribution in [0.2, 0.25) is 0 Å². The van der Waals surface area contributed by atoms with Crippen molar-refractivity contribution in [2.45, 2.75) is 20.8 Å². The summed E-state index contributed by atoms with van der Waals surface area (Å²) in [4.78, 5) is 29.1. The molecular formula is C21H20N4O4. The van der Waals surface area contributed by atoms with Crippen molar-refractivity contribution in [3.63, 3.8) is 0 Å². The van der Waals surface area contributed by atoms with Crippen LogP contribution in [0, 0.1) is 6.92 Å². The molecule has 0 aliphatic rings. The van der Waals surface area contributed by atoms with E-state index in [1.807, 2.05) is 6.07 Å². The van der Waals surface area contributed by atoms with Gasteiger partial charge in [-0.25, -0.2) is 9.78 Å². The first-order valence-electron chi connectivity index (χ1n) is 9.00. The summed E-state index contributed by atoms with van der Waals surface area (Å²) < 4.78 is 6.36. The predicted molar refractivity (Wildman–Crippen MR) is 109 cm³/mol. The SMILES string of the molecule is CCOC(=O)C(N=Nc1ccc(-n2c(C)nc3ccccc3c2=O)cc1)=C(C)O. The van der Waals surface area contributed by atoms with Gasteiger partial charge in [0.15, 0.2) is 0 Å². The number of aryl methyl sites for hydroxylation is 1. The molecule has 148 valence electrons. The van der Waals surface area contributed by atoms with E-state index in [-0.39, 0.29) is 23.6 Å². The van der Waals surface area contributed by atoms with E-state index in [0.717, 1.165) is 0 Å². The van der Waals surface area contributed by atoms with Crippen LogP contribution >= 0.6 is 0 Å². The first-order chi connectivity index (χ1) is 13.9. The third-order valence-electron chi connectivity index (χ3n) is 4.13. The molecule has 0 aliphatic heterocycles. The fourth-order valence-corrected chi connectivity index (χ4v) is 2.78. The highest BCUT2D eigenvalue weighted by Crippen LogP contribution is 2.19. The lowest BCUT2D eigenvalue weighted by Crippen LogP contribution is -2.22. The van der Waals surface area contributed by atoms with Crippen LogP contribution in [0.25, 0.3) is 16.6 Å². The van der Waals surface area contributed by atoms with Crippen LogP contribution < -0.4 is 5.56 Å². The van der Waals surface area contributed by atoms with E-state index in [9.17, 15) is 14.7 Å². The second kappa shape index (κ2) is 8.47. The van der Waals surface area contributed by atoms with Gasteiger partial charge in [0.2, 0.25) is 5.70 Å². The Kier molecular flexibility index (Phi) is 5.82. The summed E-state index contributed by atoms with van der Waals surface area (Å²) in [6.45, 7) is 4.91. The average molecular weight is 392 g/mol. The van der Waals surface area contributed by atoms with Crippen LogP contribution in [-0.2, 0) is 9.53 Å². The maximum Gasteiger partial charge on any atom is 0.362 e. The van der Waals surface area contributed by atoms with Crippen molar-refractivity contribution in [2.75, 3.05) is 6.61 Å². The molecule has 0 saturated heterocycles. The Balaban J connectivity index is 1.94. The number of fused-ring (bicyclic) bond motifs is 1. The molecular weight excluding hydrogens is 372 g/mol. The Morgan fingerprint density at radius 2 is 1.86 bits per heavy atom. The number of aliphatic hydroxyl groups is 1. The lowest BCUT2D eigenvalue weighted by Gasteiger charge is -2.10. The van der Waals surface area contributed by atoms with Gasteiger partial charge in [0.25, 0.3) is 5.56 Å². The minimum Gasteiger partial charge on any atom is -0.510 e. The smallest absolute Gasteiger partial charge is 0.362 e. The molecule has 29 heavy (non-hydrogen) atoms. The fourth-order valence-electron chi connectivity index (χ4n) is 2.78. The van der Waals surface area contributed by atoms with Gasteiger partial charge in [0, 0.05) is 0 Å². The molecule has 0 saturated carbocycles. The van der Waals surface area contributed by atoms with Gasteiger partial charge in [-0.15, -0.1) is 5.11 Å². The molecule has 3 aromatic rings. The molecule has 1 N–H and O–H groups in total. The van der Waals surface area contributed by atoms with Crippen molar-refractivity contribution in [2.24, 2.45) is 10.2 Å². The number of para-hydroxylation sites is 1. The zero-order chi connectivity index (χ0) is 21.0. The third kappa shape index (κ3) is 4.21. The Morgan fingerprint density at radius 3 is 2.52 bits per heavy atom. The molecule has 0 unspecified atom stereocenters. The van der Waals surface area contributed by atoms with Crippen molar-refractivity contribution in [1.29, 1.82) is 0 Å². The largest absolute Gasteiger partial charge is 0.510 e. The van der Waals surface area contributed by atoms with E-state index >= 15 is 0 Å². The molecule has 0 atom stereocenters. The third-order valence-corrected chi connectivity index (χ3v) is 4.13. The van der Waals surface area contributed by atoms with Gasteiger partial charge in [0.1, 0.15) is 11.6 Å². The number of aromatic nitrogens is 2. The number of allylic oxidation sites excluding steroid dienone is 1. The topological polar surface area (TPSA) is 106 Å². The first-order valence-corrected chi connectivity index (χ1v) is 9.00. The number of ether oxygens (including phenoxy) is 1. The summed E-state index contributed by atoms with van der Waals surface area (Å²) in [5.41, 5.74) is 1.29. The van der Waals surface area contributed by atoms with Gasteiger partial charge < -0.3 is 9.84 Å². The average Bonchev–Trinajstić information content (AvgIpc) is 2.69. The van der Waals surface area contributed by atoms with Gasteiger partial charge in [0.05, 0.1) is 28.9 Å². The molecule has 2 aromatic carbocycles. The Bertz CT molecular complexity index is 1170. The second-order valence-electron chi connectivity index (χ2n) is 6.19. The monoisotopic (exact) mass is 392 g/mol. The number of azo groups is 1. The molecule has 8 nitrogen and oxygen atoms in total. The Hall–Kier alpha value is -3.81. The number of nitrogens with zero attached hydrogens (tertiary/aromatic N) is 4. The van der Waals surface area contributed by atoms with Gasteiger partial charge in [-0.05, 0) is 57.2 Å². The van der Waals surface area contributed by atoms with E-state index in [4.69, 9.17) is 4.74 Å². The van der Waals surface area contributed by atoms with Crippen LogP contribution in [0.3, 0.4) is 0 Å². The van der Waals surface area contributed by atoms with E-state index in [2.05, 4.69) is 15.2 Å². The lowest BCUT2D eigenvalue weighted by molar-refractivity contribution is -0.138. The van der Waals surface area contributed by atoms with Gasteiger partial charge >= 0.3 is 5.97 Å². The molecule has 0 amide bonds. The van der Waals surface area contributed by atoms with E-state index in [1.165, 1.54) is 11.5 Å². The summed E-state index contributed by atoms with van der Waals surface area (Å²) >= 11 is 0. The number of aliphatic hydroxyl groups excluding tert-OH is 1. The number of hydrogen-bond acceptors (Lipinski definition) is 7. The number of hydrogen-bond donors (Lipinski definition) is 1. The second-order valence-corrected chi connectivity index (χ2v) is 6.19. The summed E-state index contributed by atoms with van der Waals surface area (Å²) in [6, 6.07) is 13.9. The van der Waals surface area contributed by atoms with E-state index < -0.39 is 5.97 Å². The normalized spacial score (nSPS) is 12.2. The highest BCUT2D eigenvalue weighted by atomic mass is 16.5. The van der Waals surface area contributed by atoms with Crippen molar-refractivity contribution >= 4 is 22.6 Å². The highest BCUT2D eigenvalue weighted by molar-refractivity contribution is 5.88. The van der Waals surface area contributed by atoms with Crippen LogP contribution in [0.1, 0.15) is 19.7 Å². The predicted octanol–water partition coefficient (Wildman–Crippen LogP) is 4.13. The molecule has 1 aromatic heterocycles. The molecule has 3 rings (SSSR count). The van der Waals surface area contributed by atoms with Crippen LogP contribution in [-0.4, -0.2) is 27.2 Å². The molecule has 1 heterocycles. The molecule has 0 aliphatic carbocycles. The zero-order valence-corrected chi connectivity index (χ0v) is 16.3. The van der Waals surface area contributed by atoms with Crippen LogP contribution in [0.5, 0.6) is 0 Å². The Morgan fingerprint density at radius 1 is 1.17 bits per heavy atom. The number of carbonyl (C=O) groups excluding carboxylic acids is 1. The van der Waals surface area contributed by atoms with Crippen LogP contribution in [0.15, 0.2) is 75.0 Å². The minimum atomic E-state index is -0.753. The van der Waals surface area contributed by atoms with Crippen molar-refractivity contribution < 1.29 is 14.6 Å². The number of rotatable bonds is 5. The first kappa shape index (κ1) is 19.9. The highest BCUT2D eigenvalue weighted by Gasteiger charge is 2.14. The molecule has 0 fully saturated rings. The summed E-state index contributed by atoms with van der Waals surface area (Å²) in [5.74, 6) is -0.475. The fraction of sp³-hybridized carbons (Fsp3) is 0.190. The lowest BCUT2D eigenvalue weighted by atomic mass is 10.2. The summed E-state index contributed by atoms with van der Waals surface area (Å²) in [7, 11) is 0. The minimum absolute atomic E-state index is 0.160. The van der Waals surface area contributed by atoms with Crippen LogP contribution in [0.4, 0.5) is 5.69 Å². The van der Waals surface area contributed by atoms with Crippen molar-refractivity contribution in [3.8, 4) is 5.69 Å². The zero-order valence-electron chi connectivity index (χ0n) is 16.3. The van der Waals surface area contributed by atoms with E-state index in [0.29, 0.717) is 28.1 Å². The number of carbonyl (C=O) groups is 1. The summed E-state index contributed by atoms with van der Waals surface area (Å²) in [5, 5.41) is 17.9. The number of benzene rings is 2. The maximum absolute atomic E-state index is 12.9. The van der Waals surface area contributed by atoms with Gasteiger partial charge in [-0.2, -0.15) is 5.11 Å². The van der Waals surface area contributed by atoms with Crippen molar-refractivity contribution in [1.82, 2.24) is 9.55 Å². The Labute approximate surface area is 166 Å². The van der Waals surface area contributed by atoms with Crippen molar-refractivity contribution in [3.05, 3.63) is 76.2 Å². The van der Waals surface area contributed by atoms with Gasteiger partial charge in [-0.3, -0.25) is 9.36 Å². The van der Waals surface area contributed by atoms with Gasteiger partial charge in [-0.1, -0.05) is 12.1 Å². The summed E-state index contributed by atoms with van der Waals surface area (Å²) in [6.07, 6.45) is 0. The molecule has 8 heteroatoms.